The van der Waals surface area contributed by atoms with Gasteiger partial charge in [0.25, 0.3) is 0 Å². The average molecular weight is 244 g/mol. The van der Waals surface area contributed by atoms with Crippen LogP contribution in [-0.2, 0) is 4.79 Å². The van der Waals surface area contributed by atoms with Crippen LogP contribution in [0.3, 0.4) is 0 Å². The van der Waals surface area contributed by atoms with Crippen molar-refractivity contribution in [3.8, 4) is 6.07 Å². The molecule has 94 valence electrons. The first-order chi connectivity index (χ1) is 8.67. The van der Waals surface area contributed by atoms with Crippen molar-refractivity contribution in [3.63, 3.8) is 0 Å². The van der Waals surface area contributed by atoms with Gasteiger partial charge in [-0.2, -0.15) is 5.26 Å². The summed E-state index contributed by atoms with van der Waals surface area (Å²) in [5.74, 6) is 0.0180. The van der Waals surface area contributed by atoms with Crippen LogP contribution < -0.4 is 16.0 Å². The molecule has 0 saturated carbocycles. The van der Waals surface area contributed by atoms with E-state index in [0.717, 1.165) is 5.69 Å². The lowest BCUT2D eigenvalue weighted by Crippen LogP contribution is -2.55. The van der Waals surface area contributed by atoms with Gasteiger partial charge in [-0.25, -0.2) is 0 Å². The summed E-state index contributed by atoms with van der Waals surface area (Å²) in [6.07, 6.45) is 0.709. The fourth-order valence-electron chi connectivity index (χ4n) is 2.30. The van der Waals surface area contributed by atoms with Crippen molar-refractivity contribution >= 4 is 17.3 Å². The number of nitrogens with zero attached hydrogens (tertiary/aromatic N) is 2. The normalized spacial score (nSPS) is 19.2. The molecule has 1 saturated heterocycles. The number of hydrogen-bond donors (Lipinski definition) is 2. The molecule has 3 N–H and O–H groups in total. The molecule has 1 aromatic rings. The van der Waals surface area contributed by atoms with E-state index in [0.29, 0.717) is 30.8 Å². The fourth-order valence-corrected chi connectivity index (χ4v) is 2.30. The molecule has 0 radical (unpaired) electrons. The van der Waals surface area contributed by atoms with Crippen molar-refractivity contribution in [2.24, 2.45) is 0 Å². The maximum atomic E-state index is 11.8. The Bertz CT molecular complexity index is 506. The number of nitrogen functional groups attached to an aromatic ring is 1. The Balaban J connectivity index is 2.41. The second kappa shape index (κ2) is 4.96. The van der Waals surface area contributed by atoms with Gasteiger partial charge in [0.05, 0.1) is 11.3 Å². The quantitative estimate of drug-likeness (QED) is 0.756. The summed E-state index contributed by atoms with van der Waals surface area (Å²) < 4.78 is 0. The standard InChI is InChI=1S/C13H16N4O/c1-2-11-13(18)16-5-6-17(11)12-4-3-10(15)7-9(12)8-14/h3-4,7,11H,2,5-6,15H2,1H3,(H,16,18). The fraction of sp³-hybridized carbons (Fsp3) is 0.385. The summed E-state index contributed by atoms with van der Waals surface area (Å²) >= 11 is 0. The molecule has 5 nitrogen and oxygen atoms in total. The number of nitrogens with one attached hydrogen (secondary N) is 1. The minimum absolute atomic E-state index is 0.0180. The second-order valence-electron chi connectivity index (χ2n) is 4.30. The highest BCUT2D eigenvalue weighted by Gasteiger charge is 2.29. The average Bonchev–Trinajstić information content (AvgIpc) is 2.38. The molecule has 1 unspecified atom stereocenters. The van der Waals surface area contributed by atoms with E-state index >= 15 is 0 Å². The van der Waals surface area contributed by atoms with Gasteiger partial charge in [0, 0.05) is 18.8 Å². The lowest BCUT2D eigenvalue weighted by molar-refractivity contribution is -0.123. The largest absolute Gasteiger partial charge is 0.399 e. The van der Waals surface area contributed by atoms with E-state index < -0.39 is 0 Å². The van der Waals surface area contributed by atoms with Crippen molar-refractivity contribution in [2.45, 2.75) is 19.4 Å². The lowest BCUT2D eigenvalue weighted by atomic mass is 10.1. The van der Waals surface area contributed by atoms with Crippen molar-refractivity contribution in [2.75, 3.05) is 23.7 Å². The van der Waals surface area contributed by atoms with Crippen LogP contribution in [0.5, 0.6) is 0 Å². The molecule has 0 spiro atoms. The molecule has 1 aliphatic rings. The molecule has 1 heterocycles. The summed E-state index contributed by atoms with van der Waals surface area (Å²) in [7, 11) is 0. The van der Waals surface area contributed by atoms with Gasteiger partial charge in [0.15, 0.2) is 0 Å². The van der Waals surface area contributed by atoms with Crippen molar-refractivity contribution in [1.82, 2.24) is 5.32 Å². The number of carbonyl (C=O) groups is 1. The summed E-state index contributed by atoms with van der Waals surface area (Å²) in [5.41, 5.74) is 7.54. The molecule has 18 heavy (non-hydrogen) atoms. The molecule has 5 heteroatoms. The summed E-state index contributed by atoms with van der Waals surface area (Å²) in [6, 6.07) is 7.15. The molecule has 1 atom stereocenters. The molecule has 1 aromatic carbocycles. The van der Waals surface area contributed by atoms with Crippen LogP contribution in [0, 0.1) is 11.3 Å². The number of piperazine rings is 1. The van der Waals surface area contributed by atoms with Gasteiger partial charge in [0.2, 0.25) is 5.91 Å². The smallest absolute Gasteiger partial charge is 0.242 e. The maximum Gasteiger partial charge on any atom is 0.242 e. The highest BCUT2D eigenvalue weighted by atomic mass is 16.2. The third-order valence-corrected chi connectivity index (χ3v) is 3.17. The van der Waals surface area contributed by atoms with Crippen LogP contribution in [-0.4, -0.2) is 25.0 Å². The monoisotopic (exact) mass is 244 g/mol. The van der Waals surface area contributed by atoms with E-state index in [2.05, 4.69) is 11.4 Å². The molecule has 1 aliphatic heterocycles. The van der Waals surface area contributed by atoms with Crippen LogP contribution in [0.1, 0.15) is 18.9 Å². The van der Waals surface area contributed by atoms with E-state index in [1.807, 2.05) is 17.9 Å². The van der Waals surface area contributed by atoms with E-state index in [9.17, 15) is 4.79 Å². The van der Waals surface area contributed by atoms with Crippen molar-refractivity contribution in [3.05, 3.63) is 23.8 Å². The third-order valence-electron chi connectivity index (χ3n) is 3.17. The van der Waals surface area contributed by atoms with Gasteiger partial charge in [0.1, 0.15) is 12.1 Å². The van der Waals surface area contributed by atoms with E-state index in [1.165, 1.54) is 0 Å². The number of nitrogens with two attached hydrogens (primary N) is 1. The molecule has 0 aromatic heterocycles. The highest BCUT2D eigenvalue weighted by Crippen LogP contribution is 2.26. The summed E-state index contributed by atoms with van der Waals surface area (Å²) in [5, 5.41) is 12.0. The SMILES string of the molecule is CCC1C(=O)NCCN1c1ccc(N)cc1C#N. The number of nitriles is 1. The molecular weight excluding hydrogens is 228 g/mol. The van der Waals surface area contributed by atoms with Gasteiger partial charge < -0.3 is 16.0 Å². The topological polar surface area (TPSA) is 82.2 Å². The first kappa shape index (κ1) is 12.2. The third kappa shape index (κ3) is 2.09. The van der Waals surface area contributed by atoms with E-state index in [4.69, 9.17) is 11.0 Å². The highest BCUT2D eigenvalue weighted by molar-refractivity contribution is 5.87. The van der Waals surface area contributed by atoms with Gasteiger partial charge in [-0.3, -0.25) is 4.79 Å². The van der Waals surface area contributed by atoms with Crippen LogP contribution in [0.15, 0.2) is 18.2 Å². The van der Waals surface area contributed by atoms with Crippen molar-refractivity contribution in [1.29, 1.82) is 5.26 Å². The van der Waals surface area contributed by atoms with Crippen LogP contribution >= 0.6 is 0 Å². The Morgan fingerprint density at radius 1 is 1.61 bits per heavy atom. The Labute approximate surface area is 106 Å². The predicted octanol–water partition coefficient (Wildman–Crippen LogP) is 0.855. The van der Waals surface area contributed by atoms with Gasteiger partial charge in [-0.05, 0) is 24.6 Å². The van der Waals surface area contributed by atoms with Crippen LogP contribution in [0.4, 0.5) is 11.4 Å². The van der Waals surface area contributed by atoms with Crippen LogP contribution in [0.2, 0.25) is 0 Å². The Morgan fingerprint density at radius 2 is 2.39 bits per heavy atom. The van der Waals surface area contributed by atoms with E-state index in [-0.39, 0.29) is 11.9 Å². The first-order valence-corrected chi connectivity index (χ1v) is 6.01. The Hall–Kier alpha value is -2.22. The van der Waals surface area contributed by atoms with Gasteiger partial charge >= 0.3 is 0 Å². The number of anilines is 2. The molecular formula is C13H16N4O. The number of benzene rings is 1. The maximum absolute atomic E-state index is 11.8. The summed E-state index contributed by atoms with van der Waals surface area (Å²) in [4.78, 5) is 13.8. The van der Waals surface area contributed by atoms with Crippen LogP contribution in [0.25, 0.3) is 0 Å². The number of rotatable bonds is 2. The Morgan fingerprint density at radius 3 is 3.06 bits per heavy atom. The van der Waals surface area contributed by atoms with E-state index in [1.54, 1.807) is 12.1 Å². The number of carbonyl (C=O) groups excluding carboxylic acids is 1. The predicted molar refractivity (Wildman–Crippen MR) is 70.0 cm³/mol. The second-order valence-corrected chi connectivity index (χ2v) is 4.30. The number of hydrogen-bond acceptors (Lipinski definition) is 4. The molecule has 2 rings (SSSR count). The molecule has 1 fully saturated rings. The van der Waals surface area contributed by atoms with Crippen molar-refractivity contribution < 1.29 is 4.79 Å². The van der Waals surface area contributed by atoms with Gasteiger partial charge in [-0.1, -0.05) is 6.92 Å². The molecule has 0 aliphatic carbocycles. The minimum atomic E-state index is -0.213. The zero-order chi connectivity index (χ0) is 13.1. The number of amides is 1. The minimum Gasteiger partial charge on any atom is -0.399 e. The molecule has 0 bridgehead atoms. The first-order valence-electron chi connectivity index (χ1n) is 6.01. The lowest BCUT2D eigenvalue weighted by Gasteiger charge is -2.36. The summed E-state index contributed by atoms with van der Waals surface area (Å²) in [6.45, 7) is 3.28. The Kier molecular flexibility index (Phi) is 3.38. The zero-order valence-corrected chi connectivity index (χ0v) is 10.3. The molecule has 1 amide bonds. The zero-order valence-electron chi connectivity index (χ0n) is 10.3. The van der Waals surface area contributed by atoms with Gasteiger partial charge in [-0.15, -0.1) is 0 Å².